The molecule has 1 atom stereocenters. The molecule has 3 rings (SSSR count). The second kappa shape index (κ2) is 10.2. The number of aliphatic hydroxyl groups is 1. The molecule has 1 fully saturated rings. The lowest BCUT2D eigenvalue weighted by Crippen LogP contribution is -2.40. The third kappa shape index (κ3) is 5.64. The number of nitrogens with zero attached hydrogens (tertiary/aromatic N) is 1. The highest BCUT2D eigenvalue weighted by Crippen LogP contribution is 2.48. The van der Waals surface area contributed by atoms with Gasteiger partial charge in [-0.15, -0.1) is 24.0 Å². The van der Waals surface area contributed by atoms with Crippen LogP contribution in [0.25, 0.3) is 0 Å². The van der Waals surface area contributed by atoms with Crippen molar-refractivity contribution in [2.24, 2.45) is 4.99 Å². The molecule has 2 aromatic rings. The summed E-state index contributed by atoms with van der Waals surface area (Å²) in [7, 11) is 0. The lowest BCUT2D eigenvalue weighted by molar-refractivity contribution is 0.176. The molecule has 1 saturated carbocycles. The van der Waals surface area contributed by atoms with Crippen LogP contribution in [-0.4, -0.2) is 30.7 Å². The van der Waals surface area contributed by atoms with E-state index >= 15 is 0 Å². The summed E-state index contributed by atoms with van der Waals surface area (Å²) in [5, 5.41) is 16.4. The van der Waals surface area contributed by atoms with Crippen LogP contribution in [0, 0.1) is 11.6 Å². The number of nitrogens with one attached hydrogen (secondary N) is 2. The minimum atomic E-state index is -0.979. The van der Waals surface area contributed by atoms with Crippen molar-refractivity contribution >= 4 is 29.9 Å². The molecule has 0 amide bonds. The fourth-order valence-electron chi connectivity index (χ4n) is 3.13. The van der Waals surface area contributed by atoms with E-state index in [4.69, 9.17) is 0 Å². The Labute approximate surface area is 181 Å². The van der Waals surface area contributed by atoms with Crippen molar-refractivity contribution < 1.29 is 13.9 Å². The molecule has 0 heterocycles. The molecule has 152 valence electrons. The smallest absolute Gasteiger partial charge is 0.191 e. The van der Waals surface area contributed by atoms with Crippen LogP contribution in [0.1, 0.15) is 37.0 Å². The summed E-state index contributed by atoms with van der Waals surface area (Å²) in [4.78, 5) is 4.61. The van der Waals surface area contributed by atoms with Crippen molar-refractivity contribution in [3.63, 3.8) is 0 Å². The predicted molar refractivity (Wildman–Crippen MR) is 118 cm³/mol. The zero-order chi connectivity index (χ0) is 19.3. The second-order valence-corrected chi connectivity index (χ2v) is 6.90. The summed E-state index contributed by atoms with van der Waals surface area (Å²) in [5.74, 6) is -0.117. The van der Waals surface area contributed by atoms with Gasteiger partial charge >= 0.3 is 0 Å². The Bertz CT molecular complexity index is 812. The molecule has 2 aromatic carbocycles. The van der Waals surface area contributed by atoms with Gasteiger partial charge in [-0.1, -0.05) is 30.3 Å². The molecule has 0 spiro atoms. The fourth-order valence-corrected chi connectivity index (χ4v) is 3.13. The number of hydrogen-bond acceptors (Lipinski definition) is 2. The number of halogens is 3. The molecule has 0 radical (unpaired) electrons. The van der Waals surface area contributed by atoms with Gasteiger partial charge in [-0.25, -0.2) is 8.78 Å². The Morgan fingerprint density at radius 3 is 2.54 bits per heavy atom. The number of aliphatic hydroxyl groups excluding tert-OH is 1. The highest BCUT2D eigenvalue weighted by molar-refractivity contribution is 14.0. The summed E-state index contributed by atoms with van der Waals surface area (Å²) >= 11 is 0. The van der Waals surface area contributed by atoms with E-state index in [-0.39, 0.29) is 47.3 Å². The Hall–Kier alpha value is -1.74. The first-order valence-electron chi connectivity index (χ1n) is 9.25. The van der Waals surface area contributed by atoms with Crippen LogP contribution in [-0.2, 0) is 5.41 Å². The van der Waals surface area contributed by atoms with E-state index in [0.29, 0.717) is 19.0 Å². The molecule has 0 saturated heterocycles. The summed E-state index contributed by atoms with van der Waals surface area (Å²) in [6.45, 7) is 3.28. The second-order valence-electron chi connectivity index (χ2n) is 6.90. The summed E-state index contributed by atoms with van der Waals surface area (Å²) in [6.07, 6.45) is 0.960. The van der Waals surface area contributed by atoms with Gasteiger partial charge in [-0.2, -0.15) is 0 Å². The Morgan fingerprint density at radius 2 is 1.89 bits per heavy atom. The van der Waals surface area contributed by atoms with Crippen molar-refractivity contribution in [3.8, 4) is 0 Å². The van der Waals surface area contributed by atoms with Gasteiger partial charge in [-0.3, -0.25) is 4.99 Å². The highest BCUT2D eigenvalue weighted by Gasteiger charge is 2.44. The van der Waals surface area contributed by atoms with Crippen molar-refractivity contribution in [2.45, 2.75) is 31.3 Å². The lowest BCUT2D eigenvalue weighted by Gasteiger charge is -2.18. The third-order valence-electron chi connectivity index (χ3n) is 4.90. The van der Waals surface area contributed by atoms with Gasteiger partial charge in [0.1, 0.15) is 11.6 Å². The first-order valence-corrected chi connectivity index (χ1v) is 9.25. The lowest BCUT2D eigenvalue weighted by atomic mass is 9.96. The van der Waals surface area contributed by atoms with Gasteiger partial charge in [0.05, 0.1) is 12.6 Å². The van der Waals surface area contributed by atoms with Crippen LogP contribution in [0.4, 0.5) is 8.78 Å². The maximum atomic E-state index is 13.8. The maximum Gasteiger partial charge on any atom is 0.191 e. The minimum absolute atomic E-state index is 0. The van der Waals surface area contributed by atoms with E-state index in [9.17, 15) is 13.9 Å². The minimum Gasteiger partial charge on any atom is -0.386 e. The van der Waals surface area contributed by atoms with Crippen LogP contribution in [0.15, 0.2) is 53.5 Å². The van der Waals surface area contributed by atoms with Gasteiger partial charge in [0.25, 0.3) is 0 Å². The van der Waals surface area contributed by atoms with Crippen LogP contribution < -0.4 is 10.6 Å². The van der Waals surface area contributed by atoms with Crippen LogP contribution >= 0.6 is 24.0 Å². The first kappa shape index (κ1) is 22.5. The van der Waals surface area contributed by atoms with Crippen LogP contribution in [0.5, 0.6) is 0 Å². The van der Waals surface area contributed by atoms with Gasteiger partial charge < -0.3 is 15.7 Å². The maximum absolute atomic E-state index is 13.8. The zero-order valence-electron chi connectivity index (χ0n) is 15.8. The Kier molecular flexibility index (Phi) is 8.18. The van der Waals surface area contributed by atoms with Crippen molar-refractivity contribution in [1.29, 1.82) is 0 Å². The number of benzene rings is 2. The standard InChI is InChI=1S/C21H25F2N3O.HI/c1-2-24-20(25-13-19(27)17-8-3-4-9-18(17)23)26-14-21(10-11-21)15-6-5-7-16(22)12-15;/h3-9,12,19,27H,2,10-11,13-14H2,1H3,(H2,24,25,26);1H. The molecule has 0 aliphatic heterocycles. The largest absolute Gasteiger partial charge is 0.386 e. The van der Waals surface area contributed by atoms with E-state index < -0.39 is 11.9 Å². The van der Waals surface area contributed by atoms with Crippen LogP contribution in [0.3, 0.4) is 0 Å². The Morgan fingerprint density at radius 1 is 1.14 bits per heavy atom. The van der Waals surface area contributed by atoms with E-state index in [0.717, 1.165) is 18.4 Å². The molecule has 28 heavy (non-hydrogen) atoms. The molecule has 4 nitrogen and oxygen atoms in total. The normalized spacial score (nSPS) is 16.1. The first-order chi connectivity index (χ1) is 13.0. The Balaban J connectivity index is 0.00000280. The molecule has 3 N–H and O–H groups in total. The number of aliphatic imine (C=N–C) groups is 1. The number of hydrogen-bond donors (Lipinski definition) is 3. The van der Waals surface area contributed by atoms with Crippen molar-refractivity contribution in [3.05, 3.63) is 71.3 Å². The number of guanidine groups is 1. The third-order valence-corrected chi connectivity index (χ3v) is 4.90. The van der Waals surface area contributed by atoms with Gasteiger partial charge in [0.2, 0.25) is 0 Å². The van der Waals surface area contributed by atoms with Crippen molar-refractivity contribution in [1.82, 2.24) is 10.6 Å². The van der Waals surface area contributed by atoms with Gasteiger partial charge in [0, 0.05) is 24.1 Å². The molecule has 1 aliphatic carbocycles. The average molecular weight is 501 g/mol. The quantitative estimate of drug-likeness (QED) is 0.307. The predicted octanol–water partition coefficient (Wildman–Crippen LogP) is 3.90. The number of rotatable bonds is 7. The highest BCUT2D eigenvalue weighted by atomic mass is 127. The molecular formula is C21H26F2IN3O. The van der Waals surface area contributed by atoms with Crippen LogP contribution in [0.2, 0.25) is 0 Å². The van der Waals surface area contributed by atoms with E-state index in [1.54, 1.807) is 30.3 Å². The summed E-state index contributed by atoms with van der Waals surface area (Å²) < 4.78 is 27.3. The molecule has 0 aromatic heterocycles. The van der Waals surface area contributed by atoms with E-state index in [2.05, 4.69) is 15.6 Å². The van der Waals surface area contributed by atoms with E-state index in [1.807, 2.05) is 13.0 Å². The fraction of sp³-hybridized carbons (Fsp3) is 0.381. The van der Waals surface area contributed by atoms with Crippen molar-refractivity contribution in [2.75, 3.05) is 19.6 Å². The average Bonchev–Trinajstić information content (AvgIpc) is 3.45. The topological polar surface area (TPSA) is 56.7 Å². The molecule has 1 unspecified atom stereocenters. The van der Waals surface area contributed by atoms with Gasteiger partial charge in [0.15, 0.2) is 5.96 Å². The summed E-state index contributed by atoms with van der Waals surface area (Å²) in [5.41, 5.74) is 1.10. The van der Waals surface area contributed by atoms with E-state index in [1.165, 1.54) is 12.1 Å². The molecule has 7 heteroatoms. The monoisotopic (exact) mass is 501 g/mol. The SMILES string of the molecule is CCNC(=NCC1(c2cccc(F)c2)CC1)NCC(O)c1ccccc1F.I. The summed E-state index contributed by atoms with van der Waals surface area (Å²) in [6, 6.07) is 12.9. The zero-order valence-corrected chi connectivity index (χ0v) is 18.1. The van der Waals surface area contributed by atoms with Gasteiger partial charge in [-0.05, 0) is 43.5 Å². The molecule has 1 aliphatic rings. The molecule has 0 bridgehead atoms. The molecular weight excluding hydrogens is 475 g/mol.